The first-order valence-corrected chi connectivity index (χ1v) is 6.65. The summed E-state index contributed by atoms with van der Waals surface area (Å²) in [4.78, 5) is 2.38. The van der Waals surface area contributed by atoms with Crippen LogP contribution in [0.1, 0.15) is 18.6 Å². The molecule has 0 radical (unpaired) electrons. The van der Waals surface area contributed by atoms with E-state index in [4.69, 9.17) is 10.2 Å². The predicted octanol–water partition coefficient (Wildman–Crippen LogP) is 2.73. The summed E-state index contributed by atoms with van der Waals surface area (Å²) in [5, 5.41) is 0. The molecule has 5 heteroatoms. The van der Waals surface area contributed by atoms with Crippen LogP contribution in [0.4, 0.5) is 0 Å². The van der Waals surface area contributed by atoms with E-state index in [1.165, 1.54) is 0 Å². The van der Waals surface area contributed by atoms with Gasteiger partial charge in [0.05, 0.1) is 11.0 Å². The quantitative estimate of drug-likeness (QED) is 0.902. The minimum Gasteiger partial charge on any atom is -0.452 e. The smallest absolute Gasteiger partial charge is 0.183 e. The van der Waals surface area contributed by atoms with E-state index >= 15 is 0 Å². The predicted molar refractivity (Wildman–Crippen MR) is 66.6 cm³/mol. The zero-order valence-electron chi connectivity index (χ0n) is 8.38. The Morgan fingerprint density at radius 3 is 2.60 bits per heavy atom. The van der Waals surface area contributed by atoms with Crippen LogP contribution in [0, 0.1) is 0 Å². The van der Waals surface area contributed by atoms with E-state index in [-0.39, 0.29) is 0 Å². The summed E-state index contributed by atoms with van der Waals surface area (Å²) >= 11 is 6.75. The van der Waals surface area contributed by atoms with Crippen LogP contribution in [0.3, 0.4) is 0 Å². The largest absolute Gasteiger partial charge is 0.452 e. The van der Waals surface area contributed by atoms with Crippen LogP contribution < -0.4 is 5.73 Å². The zero-order chi connectivity index (χ0) is 10.8. The van der Waals surface area contributed by atoms with E-state index in [2.05, 4.69) is 36.8 Å². The Bertz CT molecular complexity index is 313. The maximum absolute atomic E-state index is 5.85. The van der Waals surface area contributed by atoms with Crippen LogP contribution in [-0.4, -0.2) is 24.0 Å². The third-order valence-corrected chi connectivity index (χ3v) is 4.42. The highest BCUT2D eigenvalue weighted by Crippen LogP contribution is 2.27. The van der Waals surface area contributed by atoms with Crippen molar-refractivity contribution in [3.8, 4) is 0 Å². The first kappa shape index (κ1) is 11.6. The van der Waals surface area contributed by atoms with Gasteiger partial charge in [0, 0.05) is 19.1 Å². The summed E-state index contributed by atoms with van der Waals surface area (Å²) in [7, 11) is 0. The van der Waals surface area contributed by atoms with E-state index in [9.17, 15) is 0 Å². The fourth-order valence-corrected chi connectivity index (χ4v) is 2.46. The lowest BCUT2D eigenvalue weighted by atomic mass is 10.1. The van der Waals surface area contributed by atoms with Gasteiger partial charge in [-0.1, -0.05) is 0 Å². The molecule has 84 valence electrons. The molecular formula is C10H14Br2N2O. The highest BCUT2D eigenvalue weighted by Gasteiger charge is 2.17. The van der Waals surface area contributed by atoms with Gasteiger partial charge in [-0.15, -0.1) is 0 Å². The Kier molecular flexibility index (Phi) is 3.88. The van der Waals surface area contributed by atoms with E-state index in [0.717, 1.165) is 47.4 Å². The third kappa shape index (κ3) is 3.06. The number of halogens is 2. The summed E-state index contributed by atoms with van der Waals surface area (Å²) in [6.45, 7) is 3.01. The molecule has 2 N–H and O–H groups in total. The van der Waals surface area contributed by atoms with Crippen LogP contribution >= 0.6 is 31.9 Å². The van der Waals surface area contributed by atoms with Crippen molar-refractivity contribution in [3.63, 3.8) is 0 Å². The van der Waals surface area contributed by atoms with Crippen molar-refractivity contribution in [1.29, 1.82) is 0 Å². The molecule has 1 aromatic heterocycles. The SMILES string of the molecule is NC1CCN(Cc2cc(Br)c(Br)o2)CC1. The van der Waals surface area contributed by atoms with Crippen molar-refractivity contribution in [2.75, 3.05) is 13.1 Å². The van der Waals surface area contributed by atoms with Gasteiger partial charge in [-0.25, -0.2) is 0 Å². The Balaban J connectivity index is 1.91. The van der Waals surface area contributed by atoms with Gasteiger partial charge in [0.2, 0.25) is 0 Å². The van der Waals surface area contributed by atoms with Gasteiger partial charge in [-0.2, -0.15) is 0 Å². The van der Waals surface area contributed by atoms with Gasteiger partial charge >= 0.3 is 0 Å². The minimum absolute atomic E-state index is 0.385. The van der Waals surface area contributed by atoms with Gasteiger partial charge in [-0.3, -0.25) is 4.90 Å². The molecule has 0 amide bonds. The van der Waals surface area contributed by atoms with Crippen LogP contribution in [0.15, 0.2) is 19.6 Å². The van der Waals surface area contributed by atoms with Gasteiger partial charge in [0.25, 0.3) is 0 Å². The zero-order valence-corrected chi connectivity index (χ0v) is 11.6. The standard InChI is InChI=1S/C10H14Br2N2O/c11-9-5-8(15-10(9)12)6-14-3-1-7(13)2-4-14/h5,7H,1-4,6,13H2. The molecular weight excluding hydrogens is 324 g/mol. The molecule has 0 aromatic carbocycles. The third-order valence-electron chi connectivity index (χ3n) is 2.71. The number of rotatable bonds is 2. The molecule has 1 aliphatic rings. The van der Waals surface area contributed by atoms with E-state index < -0.39 is 0 Å². The molecule has 0 spiro atoms. The number of nitrogens with two attached hydrogens (primary N) is 1. The molecule has 0 aliphatic carbocycles. The number of nitrogens with zero attached hydrogens (tertiary/aromatic N) is 1. The fraction of sp³-hybridized carbons (Fsp3) is 0.600. The lowest BCUT2D eigenvalue weighted by Gasteiger charge is -2.29. The molecule has 0 atom stereocenters. The van der Waals surface area contributed by atoms with E-state index in [1.807, 2.05) is 6.07 Å². The molecule has 0 unspecified atom stereocenters. The Hall–Kier alpha value is 0.160. The summed E-state index contributed by atoms with van der Waals surface area (Å²) in [6.07, 6.45) is 2.17. The number of hydrogen-bond donors (Lipinski definition) is 1. The number of piperidine rings is 1. The molecule has 0 saturated carbocycles. The maximum atomic E-state index is 5.85. The number of likely N-dealkylation sites (tertiary alicyclic amines) is 1. The van der Waals surface area contributed by atoms with E-state index in [0.29, 0.717) is 6.04 Å². The van der Waals surface area contributed by atoms with Crippen molar-refractivity contribution in [1.82, 2.24) is 4.90 Å². The molecule has 1 fully saturated rings. The second kappa shape index (κ2) is 4.99. The molecule has 2 heterocycles. The van der Waals surface area contributed by atoms with Crippen molar-refractivity contribution in [2.24, 2.45) is 5.73 Å². The molecule has 1 saturated heterocycles. The first-order valence-electron chi connectivity index (χ1n) is 5.07. The average molecular weight is 338 g/mol. The summed E-state index contributed by atoms with van der Waals surface area (Å²) in [6, 6.07) is 2.40. The molecule has 3 nitrogen and oxygen atoms in total. The van der Waals surface area contributed by atoms with Crippen molar-refractivity contribution < 1.29 is 4.42 Å². The van der Waals surface area contributed by atoms with Crippen LogP contribution in [0.5, 0.6) is 0 Å². The second-order valence-corrected chi connectivity index (χ2v) is 5.52. The Morgan fingerprint density at radius 1 is 1.40 bits per heavy atom. The van der Waals surface area contributed by atoms with Gasteiger partial charge in [0.15, 0.2) is 4.67 Å². The maximum Gasteiger partial charge on any atom is 0.183 e. The average Bonchev–Trinajstić information content (AvgIpc) is 2.50. The minimum atomic E-state index is 0.385. The van der Waals surface area contributed by atoms with E-state index in [1.54, 1.807) is 0 Å². The van der Waals surface area contributed by atoms with Gasteiger partial charge < -0.3 is 10.2 Å². The van der Waals surface area contributed by atoms with Crippen molar-refractivity contribution >= 4 is 31.9 Å². The second-order valence-electron chi connectivity index (χ2n) is 3.95. The normalized spacial score (nSPS) is 19.7. The van der Waals surface area contributed by atoms with Crippen LogP contribution in [0.2, 0.25) is 0 Å². The Morgan fingerprint density at radius 2 is 2.07 bits per heavy atom. The molecule has 1 aromatic rings. The van der Waals surface area contributed by atoms with Gasteiger partial charge in [-0.05, 0) is 50.8 Å². The molecule has 15 heavy (non-hydrogen) atoms. The van der Waals surface area contributed by atoms with Crippen LogP contribution in [-0.2, 0) is 6.54 Å². The Labute approximate surface area is 106 Å². The van der Waals surface area contributed by atoms with Crippen molar-refractivity contribution in [3.05, 3.63) is 21.0 Å². The highest BCUT2D eigenvalue weighted by molar-refractivity contribution is 9.13. The molecule has 0 bridgehead atoms. The lowest BCUT2D eigenvalue weighted by Crippen LogP contribution is -2.39. The lowest BCUT2D eigenvalue weighted by molar-refractivity contribution is 0.191. The highest BCUT2D eigenvalue weighted by atomic mass is 79.9. The monoisotopic (exact) mass is 336 g/mol. The molecule has 2 rings (SSSR count). The number of furan rings is 1. The summed E-state index contributed by atoms with van der Waals surface area (Å²) in [5.41, 5.74) is 5.85. The van der Waals surface area contributed by atoms with Gasteiger partial charge in [0.1, 0.15) is 5.76 Å². The molecule has 1 aliphatic heterocycles. The summed E-state index contributed by atoms with van der Waals surface area (Å²) in [5.74, 6) is 0.990. The van der Waals surface area contributed by atoms with Crippen molar-refractivity contribution in [2.45, 2.75) is 25.4 Å². The van der Waals surface area contributed by atoms with Crippen LogP contribution in [0.25, 0.3) is 0 Å². The summed E-state index contributed by atoms with van der Waals surface area (Å²) < 4.78 is 7.29. The number of hydrogen-bond acceptors (Lipinski definition) is 3. The fourth-order valence-electron chi connectivity index (χ4n) is 1.80. The topological polar surface area (TPSA) is 42.4 Å². The first-order chi connectivity index (χ1) is 7.15.